The standard InChI is InChI=1S/C19H20N4O2/c1-12(2)24-7-6-21-15-4-5-16(22-11-15)19-23-17-9-14(10-20)8-13(3)18(17)25-19/h4-5,8-9,11-12,21H,6-7H2,1-3H3. The van der Waals surface area contributed by atoms with Crippen LogP contribution in [0.4, 0.5) is 5.69 Å². The van der Waals surface area contributed by atoms with Crippen molar-refractivity contribution in [2.75, 3.05) is 18.5 Å². The number of aromatic nitrogens is 2. The molecular weight excluding hydrogens is 316 g/mol. The summed E-state index contributed by atoms with van der Waals surface area (Å²) in [6.07, 6.45) is 1.97. The van der Waals surface area contributed by atoms with Gasteiger partial charge in [-0.15, -0.1) is 0 Å². The molecule has 6 nitrogen and oxygen atoms in total. The van der Waals surface area contributed by atoms with Gasteiger partial charge in [0, 0.05) is 6.54 Å². The fraction of sp³-hybridized carbons (Fsp3) is 0.316. The van der Waals surface area contributed by atoms with E-state index >= 15 is 0 Å². The summed E-state index contributed by atoms with van der Waals surface area (Å²) in [5.41, 5.74) is 4.37. The largest absolute Gasteiger partial charge is 0.434 e. The Hall–Kier alpha value is -2.91. The number of nitrogens with zero attached hydrogens (tertiary/aromatic N) is 3. The van der Waals surface area contributed by atoms with Crippen LogP contribution >= 0.6 is 0 Å². The van der Waals surface area contributed by atoms with Crippen LogP contribution in [0.2, 0.25) is 0 Å². The van der Waals surface area contributed by atoms with Gasteiger partial charge >= 0.3 is 0 Å². The van der Waals surface area contributed by atoms with E-state index in [0.29, 0.717) is 34.9 Å². The van der Waals surface area contributed by atoms with Gasteiger partial charge in [0.05, 0.1) is 36.2 Å². The van der Waals surface area contributed by atoms with Crippen molar-refractivity contribution in [1.29, 1.82) is 5.26 Å². The van der Waals surface area contributed by atoms with Crippen LogP contribution in [0.5, 0.6) is 0 Å². The first-order valence-electron chi connectivity index (χ1n) is 8.20. The Morgan fingerprint density at radius 2 is 2.16 bits per heavy atom. The molecule has 2 aromatic heterocycles. The minimum absolute atomic E-state index is 0.228. The number of hydrogen-bond donors (Lipinski definition) is 1. The highest BCUT2D eigenvalue weighted by Crippen LogP contribution is 2.26. The van der Waals surface area contributed by atoms with E-state index in [1.165, 1.54) is 0 Å². The van der Waals surface area contributed by atoms with Gasteiger partial charge in [0.2, 0.25) is 5.89 Å². The molecule has 0 fully saturated rings. The molecule has 0 amide bonds. The molecule has 0 saturated carbocycles. The molecule has 1 N–H and O–H groups in total. The van der Waals surface area contributed by atoms with Crippen molar-refractivity contribution < 1.29 is 9.15 Å². The van der Waals surface area contributed by atoms with Gasteiger partial charge in [-0.25, -0.2) is 9.97 Å². The fourth-order valence-corrected chi connectivity index (χ4v) is 2.49. The smallest absolute Gasteiger partial charge is 0.246 e. The van der Waals surface area contributed by atoms with Crippen LogP contribution in [0, 0.1) is 18.3 Å². The van der Waals surface area contributed by atoms with E-state index < -0.39 is 0 Å². The van der Waals surface area contributed by atoms with Crippen molar-refractivity contribution in [2.45, 2.75) is 26.9 Å². The van der Waals surface area contributed by atoms with E-state index in [-0.39, 0.29) is 6.10 Å². The second-order valence-corrected chi connectivity index (χ2v) is 6.05. The van der Waals surface area contributed by atoms with Crippen molar-refractivity contribution in [3.63, 3.8) is 0 Å². The number of ether oxygens (including phenoxy) is 1. The number of oxazole rings is 1. The molecule has 3 rings (SSSR count). The number of hydrogen-bond acceptors (Lipinski definition) is 6. The zero-order valence-electron chi connectivity index (χ0n) is 14.5. The molecule has 25 heavy (non-hydrogen) atoms. The number of benzene rings is 1. The molecule has 0 aliphatic rings. The lowest BCUT2D eigenvalue weighted by Crippen LogP contribution is -2.13. The number of aryl methyl sites for hydroxylation is 1. The maximum Gasteiger partial charge on any atom is 0.246 e. The van der Waals surface area contributed by atoms with Crippen LogP contribution in [0.1, 0.15) is 25.0 Å². The molecule has 0 radical (unpaired) electrons. The molecule has 0 saturated heterocycles. The van der Waals surface area contributed by atoms with Gasteiger partial charge in [-0.1, -0.05) is 0 Å². The molecule has 2 heterocycles. The van der Waals surface area contributed by atoms with E-state index in [9.17, 15) is 0 Å². The van der Waals surface area contributed by atoms with Crippen LogP contribution in [-0.2, 0) is 4.74 Å². The zero-order chi connectivity index (χ0) is 17.8. The summed E-state index contributed by atoms with van der Waals surface area (Å²) in [5.74, 6) is 0.447. The van der Waals surface area contributed by atoms with Crippen molar-refractivity contribution in [2.24, 2.45) is 0 Å². The van der Waals surface area contributed by atoms with Crippen molar-refractivity contribution in [1.82, 2.24) is 9.97 Å². The maximum atomic E-state index is 9.06. The maximum absolute atomic E-state index is 9.06. The van der Waals surface area contributed by atoms with Crippen molar-refractivity contribution in [3.05, 3.63) is 41.6 Å². The average molecular weight is 336 g/mol. The second-order valence-electron chi connectivity index (χ2n) is 6.05. The van der Waals surface area contributed by atoms with E-state index in [2.05, 4.69) is 21.4 Å². The Bertz CT molecular complexity index is 908. The summed E-state index contributed by atoms with van der Waals surface area (Å²) in [6.45, 7) is 7.29. The quantitative estimate of drug-likeness (QED) is 0.687. The minimum atomic E-state index is 0.228. The lowest BCUT2D eigenvalue weighted by atomic mass is 10.1. The van der Waals surface area contributed by atoms with Gasteiger partial charge in [-0.3, -0.25) is 0 Å². The van der Waals surface area contributed by atoms with Crippen molar-refractivity contribution in [3.8, 4) is 17.7 Å². The molecule has 1 aromatic carbocycles. The summed E-state index contributed by atoms with van der Waals surface area (Å²) >= 11 is 0. The Morgan fingerprint density at radius 3 is 2.84 bits per heavy atom. The number of nitriles is 1. The summed E-state index contributed by atoms with van der Waals surface area (Å²) in [6, 6.07) is 9.43. The molecule has 0 aliphatic carbocycles. The van der Waals surface area contributed by atoms with E-state index in [1.54, 1.807) is 18.3 Å². The first kappa shape index (κ1) is 16.9. The molecule has 0 spiro atoms. The van der Waals surface area contributed by atoms with E-state index in [4.69, 9.17) is 14.4 Å². The first-order valence-corrected chi connectivity index (χ1v) is 8.20. The van der Waals surface area contributed by atoms with Gasteiger partial charge < -0.3 is 14.5 Å². The second kappa shape index (κ2) is 7.32. The van der Waals surface area contributed by atoms with Gasteiger partial charge in [0.25, 0.3) is 0 Å². The summed E-state index contributed by atoms with van der Waals surface area (Å²) in [5, 5.41) is 12.3. The summed E-state index contributed by atoms with van der Waals surface area (Å²) in [4.78, 5) is 8.86. The normalized spacial score (nSPS) is 11.0. The van der Waals surface area contributed by atoms with Crippen LogP contribution in [0.25, 0.3) is 22.7 Å². The average Bonchev–Trinajstić information content (AvgIpc) is 3.03. The third kappa shape index (κ3) is 3.95. The monoisotopic (exact) mass is 336 g/mol. The van der Waals surface area contributed by atoms with Gasteiger partial charge in [0.15, 0.2) is 5.58 Å². The van der Waals surface area contributed by atoms with Crippen LogP contribution in [0.3, 0.4) is 0 Å². The highest BCUT2D eigenvalue weighted by molar-refractivity contribution is 5.80. The molecule has 0 aliphatic heterocycles. The number of pyridine rings is 1. The van der Waals surface area contributed by atoms with Crippen LogP contribution in [0.15, 0.2) is 34.9 Å². The summed E-state index contributed by atoms with van der Waals surface area (Å²) in [7, 11) is 0. The SMILES string of the molecule is Cc1cc(C#N)cc2nc(-c3ccc(NCCOC(C)C)cn3)oc12. The minimum Gasteiger partial charge on any atom is -0.434 e. The predicted octanol–water partition coefficient (Wildman–Crippen LogP) is 3.91. The van der Waals surface area contributed by atoms with Crippen LogP contribution < -0.4 is 5.32 Å². The third-order valence-electron chi connectivity index (χ3n) is 3.67. The van der Waals surface area contributed by atoms with Gasteiger partial charge in [0.1, 0.15) is 11.2 Å². The number of rotatable bonds is 6. The number of nitrogens with one attached hydrogen (secondary N) is 1. The third-order valence-corrected chi connectivity index (χ3v) is 3.67. The Balaban J connectivity index is 1.75. The van der Waals surface area contributed by atoms with Crippen molar-refractivity contribution >= 4 is 16.8 Å². The zero-order valence-corrected chi connectivity index (χ0v) is 14.5. The van der Waals surface area contributed by atoms with E-state index in [0.717, 1.165) is 17.8 Å². The van der Waals surface area contributed by atoms with Crippen LogP contribution in [-0.4, -0.2) is 29.2 Å². The fourth-order valence-electron chi connectivity index (χ4n) is 2.49. The predicted molar refractivity (Wildman–Crippen MR) is 96.3 cm³/mol. The van der Waals surface area contributed by atoms with Gasteiger partial charge in [-0.2, -0.15) is 5.26 Å². The van der Waals surface area contributed by atoms with Gasteiger partial charge in [-0.05, 0) is 50.6 Å². The number of anilines is 1. The molecule has 0 unspecified atom stereocenters. The Kier molecular flexibility index (Phi) is 4.96. The highest BCUT2D eigenvalue weighted by Gasteiger charge is 2.12. The topological polar surface area (TPSA) is 84.0 Å². The molecule has 0 bridgehead atoms. The molecule has 6 heteroatoms. The Morgan fingerprint density at radius 1 is 1.32 bits per heavy atom. The first-order chi connectivity index (χ1) is 12.1. The molecular formula is C19H20N4O2. The lowest BCUT2D eigenvalue weighted by Gasteiger charge is -2.09. The lowest BCUT2D eigenvalue weighted by molar-refractivity contribution is 0.0870. The molecule has 3 aromatic rings. The molecule has 0 atom stereocenters. The highest BCUT2D eigenvalue weighted by atomic mass is 16.5. The number of fused-ring (bicyclic) bond motifs is 1. The molecule has 128 valence electrons. The summed E-state index contributed by atoms with van der Waals surface area (Å²) < 4.78 is 11.3. The van der Waals surface area contributed by atoms with E-state index in [1.807, 2.05) is 32.9 Å². The Labute approximate surface area is 146 Å².